The van der Waals surface area contributed by atoms with E-state index < -0.39 is 16.0 Å². The summed E-state index contributed by atoms with van der Waals surface area (Å²) in [6.45, 7) is 1.90. The number of nitrogens with zero attached hydrogens (tertiary/aromatic N) is 1. The molecule has 0 fully saturated rings. The average molecular weight is 320 g/mol. The number of carbonyl (C=O) groups excluding carboxylic acids is 1. The van der Waals surface area contributed by atoms with Crippen molar-refractivity contribution in [3.05, 3.63) is 47.8 Å². The zero-order valence-corrected chi connectivity index (χ0v) is 13.3. The van der Waals surface area contributed by atoms with Crippen molar-refractivity contribution in [3.8, 4) is 11.1 Å². The van der Waals surface area contributed by atoms with E-state index in [1.54, 1.807) is 24.5 Å². The molecule has 0 atom stereocenters. The maximum Gasteiger partial charge on any atom is 0.338 e. The Labute approximate surface area is 129 Å². The number of pyridine rings is 1. The number of hydrogen-bond donors (Lipinski definition) is 1. The minimum atomic E-state index is -3.43. The SMILES string of the molecule is COC(=O)c1cc(NS(C)(=O)=O)ccc1-c1cnccc1C. The minimum absolute atomic E-state index is 0.271. The largest absolute Gasteiger partial charge is 0.465 e. The Hall–Kier alpha value is -2.41. The number of anilines is 1. The van der Waals surface area contributed by atoms with Gasteiger partial charge in [0, 0.05) is 23.6 Å². The predicted octanol–water partition coefficient (Wildman–Crippen LogP) is 2.22. The number of sulfonamides is 1. The highest BCUT2D eigenvalue weighted by Crippen LogP contribution is 2.29. The summed E-state index contributed by atoms with van der Waals surface area (Å²) in [5.41, 5.74) is 2.94. The molecule has 0 aliphatic rings. The van der Waals surface area contributed by atoms with Crippen molar-refractivity contribution in [2.24, 2.45) is 0 Å². The standard InChI is InChI=1S/C15H16N2O4S/c1-10-6-7-16-9-14(10)12-5-4-11(17-22(3,19)20)8-13(12)15(18)21-2/h4-9,17H,1-3H3. The van der Waals surface area contributed by atoms with Crippen molar-refractivity contribution in [2.45, 2.75) is 6.92 Å². The van der Waals surface area contributed by atoms with E-state index >= 15 is 0 Å². The van der Waals surface area contributed by atoms with Crippen LogP contribution in [-0.4, -0.2) is 32.7 Å². The van der Waals surface area contributed by atoms with Crippen LogP contribution in [0, 0.1) is 6.92 Å². The zero-order chi connectivity index (χ0) is 16.3. The fourth-order valence-electron chi connectivity index (χ4n) is 2.08. The molecular weight excluding hydrogens is 304 g/mol. The van der Waals surface area contributed by atoms with Crippen molar-refractivity contribution in [1.29, 1.82) is 0 Å². The van der Waals surface area contributed by atoms with E-state index in [2.05, 4.69) is 9.71 Å². The van der Waals surface area contributed by atoms with Gasteiger partial charge in [-0.25, -0.2) is 13.2 Å². The van der Waals surface area contributed by atoms with Crippen LogP contribution in [0.4, 0.5) is 5.69 Å². The molecule has 0 aliphatic heterocycles. The third-order valence-corrected chi connectivity index (χ3v) is 3.66. The van der Waals surface area contributed by atoms with Crippen LogP contribution < -0.4 is 4.72 Å². The van der Waals surface area contributed by atoms with E-state index in [-0.39, 0.29) is 5.56 Å². The van der Waals surface area contributed by atoms with Crippen LogP contribution in [0.5, 0.6) is 0 Å². The number of rotatable bonds is 4. The molecule has 1 N–H and O–H groups in total. The van der Waals surface area contributed by atoms with E-state index in [0.717, 1.165) is 17.4 Å². The number of nitrogens with one attached hydrogen (secondary N) is 1. The molecule has 0 amide bonds. The van der Waals surface area contributed by atoms with Gasteiger partial charge in [-0.3, -0.25) is 9.71 Å². The average Bonchev–Trinajstić information content (AvgIpc) is 2.45. The lowest BCUT2D eigenvalue weighted by Gasteiger charge is -2.12. The number of ether oxygens (including phenoxy) is 1. The van der Waals surface area contributed by atoms with Gasteiger partial charge in [0.25, 0.3) is 0 Å². The molecule has 0 saturated heterocycles. The van der Waals surface area contributed by atoms with E-state index in [4.69, 9.17) is 4.74 Å². The number of esters is 1. The Morgan fingerprint density at radius 3 is 2.55 bits per heavy atom. The summed E-state index contributed by atoms with van der Waals surface area (Å²) in [6, 6.07) is 6.55. The summed E-state index contributed by atoms with van der Waals surface area (Å²) in [5.74, 6) is -0.546. The van der Waals surface area contributed by atoms with E-state index in [0.29, 0.717) is 11.3 Å². The summed E-state index contributed by atoms with van der Waals surface area (Å²) < 4.78 is 29.8. The molecule has 2 aromatic rings. The van der Waals surface area contributed by atoms with Crippen LogP contribution in [0.25, 0.3) is 11.1 Å². The summed E-state index contributed by atoms with van der Waals surface area (Å²) >= 11 is 0. The first-order valence-electron chi connectivity index (χ1n) is 6.43. The molecule has 0 bridgehead atoms. The summed E-state index contributed by atoms with van der Waals surface area (Å²) in [4.78, 5) is 16.1. The van der Waals surface area contributed by atoms with Gasteiger partial charge >= 0.3 is 5.97 Å². The van der Waals surface area contributed by atoms with Crippen molar-refractivity contribution in [1.82, 2.24) is 4.98 Å². The molecule has 6 nitrogen and oxygen atoms in total. The summed E-state index contributed by atoms with van der Waals surface area (Å²) in [7, 11) is -2.15. The van der Waals surface area contributed by atoms with Gasteiger partial charge in [-0.05, 0) is 36.2 Å². The Bertz CT molecular complexity index is 816. The normalized spacial score (nSPS) is 11.0. The van der Waals surface area contributed by atoms with Gasteiger partial charge in [0.1, 0.15) is 0 Å². The van der Waals surface area contributed by atoms with Crippen molar-refractivity contribution in [3.63, 3.8) is 0 Å². The Balaban J connectivity index is 2.60. The van der Waals surface area contributed by atoms with Crippen LogP contribution in [-0.2, 0) is 14.8 Å². The van der Waals surface area contributed by atoms with Crippen LogP contribution in [0.2, 0.25) is 0 Å². The van der Waals surface area contributed by atoms with Crippen molar-refractivity contribution in [2.75, 3.05) is 18.1 Å². The van der Waals surface area contributed by atoms with E-state index in [1.807, 2.05) is 13.0 Å². The number of carbonyl (C=O) groups is 1. The molecule has 2 rings (SSSR count). The second-order valence-corrected chi connectivity index (χ2v) is 6.57. The molecular formula is C15H16N2O4S. The number of methoxy groups -OCH3 is 1. The van der Waals surface area contributed by atoms with Gasteiger partial charge in [-0.2, -0.15) is 0 Å². The monoisotopic (exact) mass is 320 g/mol. The molecule has 7 heteroatoms. The van der Waals surface area contributed by atoms with Gasteiger partial charge in [-0.15, -0.1) is 0 Å². The van der Waals surface area contributed by atoms with Gasteiger partial charge in [0.05, 0.1) is 18.9 Å². The molecule has 0 spiro atoms. The summed E-state index contributed by atoms with van der Waals surface area (Å²) in [5, 5.41) is 0. The zero-order valence-electron chi connectivity index (χ0n) is 12.5. The van der Waals surface area contributed by atoms with Gasteiger partial charge < -0.3 is 4.74 Å². The highest BCUT2D eigenvalue weighted by molar-refractivity contribution is 7.92. The van der Waals surface area contributed by atoms with E-state index in [9.17, 15) is 13.2 Å². The fraction of sp³-hybridized carbons (Fsp3) is 0.200. The lowest BCUT2D eigenvalue weighted by molar-refractivity contribution is 0.0601. The Morgan fingerprint density at radius 1 is 1.23 bits per heavy atom. The number of benzene rings is 1. The summed E-state index contributed by atoms with van der Waals surface area (Å²) in [6.07, 6.45) is 4.36. The van der Waals surface area contributed by atoms with Gasteiger partial charge in [-0.1, -0.05) is 6.07 Å². The smallest absolute Gasteiger partial charge is 0.338 e. The van der Waals surface area contributed by atoms with Crippen LogP contribution in [0.1, 0.15) is 15.9 Å². The first-order chi connectivity index (χ1) is 10.3. The second kappa shape index (κ2) is 6.15. The lowest BCUT2D eigenvalue weighted by Crippen LogP contribution is -2.11. The lowest BCUT2D eigenvalue weighted by atomic mass is 9.97. The molecule has 116 valence electrons. The molecule has 1 heterocycles. The second-order valence-electron chi connectivity index (χ2n) is 4.82. The molecule has 1 aromatic carbocycles. The Kier molecular flexibility index (Phi) is 4.46. The highest BCUT2D eigenvalue weighted by Gasteiger charge is 2.16. The number of aromatic nitrogens is 1. The topological polar surface area (TPSA) is 85.4 Å². The predicted molar refractivity (Wildman–Crippen MR) is 84.2 cm³/mol. The number of hydrogen-bond acceptors (Lipinski definition) is 5. The number of aryl methyl sites for hydroxylation is 1. The molecule has 1 aromatic heterocycles. The van der Waals surface area contributed by atoms with Crippen molar-refractivity contribution >= 4 is 21.7 Å². The van der Waals surface area contributed by atoms with Crippen molar-refractivity contribution < 1.29 is 17.9 Å². The first kappa shape index (κ1) is 16.0. The van der Waals surface area contributed by atoms with Crippen LogP contribution in [0.15, 0.2) is 36.7 Å². The third-order valence-electron chi connectivity index (χ3n) is 3.06. The maximum atomic E-state index is 12.0. The molecule has 0 saturated carbocycles. The molecule has 0 radical (unpaired) electrons. The third kappa shape index (κ3) is 3.62. The van der Waals surface area contributed by atoms with E-state index in [1.165, 1.54) is 13.2 Å². The fourth-order valence-corrected chi connectivity index (χ4v) is 2.64. The quantitative estimate of drug-likeness (QED) is 0.873. The van der Waals surface area contributed by atoms with Crippen LogP contribution >= 0.6 is 0 Å². The first-order valence-corrected chi connectivity index (χ1v) is 8.32. The maximum absolute atomic E-state index is 12.0. The minimum Gasteiger partial charge on any atom is -0.465 e. The van der Waals surface area contributed by atoms with Gasteiger partial charge in [0.15, 0.2) is 0 Å². The van der Waals surface area contributed by atoms with Gasteiger partial charge in [0.2, 0.25) is 10.0 Å². The molecule has 0 unspecified atom stereocenters. The highest BCUT2D eigenvalue weighted by atomic mass is 32.2. The molecule has 0 aliphatic carbocycles. The van der Waals surface area contributed by atoms with Crippen LogP contribution in [0.3, 0.4) is 0 Å². The Morgan fingerprint density at radius 2 is 1.95 bits per heavy atom. The molecule has 22 heavy (non-hydrogen) atoms.